The summed E-state index contributed by atoms with van der Waals surface area (Å²) in [4.78, 5) is 0. The molecule has 2 aromatic carbocycles. The SMILES string of the molecule is CCNC(Cc1cc(C)cc(C)c1)c1ccc(F)c(Cl)c1. The Bertz CT molecular complexity index is 604. The first-order chi connectivity index (χ1) is 9.99. The minimum atomic E-state index is -0.373. The lowest BCUT2D eigenvalue weighted by Crippen LogP contribution is -2.23. The van der Waals surface area contributed by atoms with Crippen molar-refractivity contribution in [3.8, 4) is 0 Å². The first kappa shape index (κ1) is 16.0. The maximum atomic E-state index is 13.3. The van der Waals surface area contributed by atoms with Gasteiger partial charge in [-0.2, -0.15) is 0 Å². The summed E-state index contributed by atoms with van der Waals surface area (Å²) in [6, 6.07) is 11.6. The third-order valence-electron chi connectivity index (χ3n) is 3.52. The number of benzene rings is 2. The lowest BCUT2D eigenvalue weighted by molar-refractivity contribution is 0.547. The Morgan fingerprint density at radius 1 is 1.10 bits per heavy atom. The Labute approximate surface area is 131 Å². The zero-order valence-electron chi connectivity index (χ0n) is 12.7. The topological polar surface area (TPSA) is 12.0 Å². The van der Waals surface area contributed by atoms with Crippen LogP contribution in [0.1, 0.15) is 35.2 Å². The molecule has 2 rings (SSSR count). The van der Waals surface area contributed by atoms with Crippen LogP contribution in [0.25, 0.3) is 0 Å². The molecule has 2 aromatic rings. The second-order valence-electron chi connectivity index (χ2n) is 5.48. The smallest absolute Gasteiger partial charge is 0.141 e. The summed E-state index contributed by atoms with van der Waals surface area (Å²) in [6.07, 6.45) is 0.859. The van der Waals surface area contributed by atoms with E-state index in [9.17, 15) is 4.39 Å². The molecule has 112 valence electrons. The summed E-state index contributed by atoms with van der Waals surface area (Å²) in [7, 11) is 0. The van der Waals surface area contributed by atoms with Crippen molar-refractivity contribution >= 4 is 11.6 Å². The van der Waals surface area contributed by atoms with Gasteiger partial charge < -0.3 is 5.32 Å². The molecule has 0 saturated carbocycles. The van der Waals surface area contributed by atoms with E-state index in [1.54, 1.807) is 12.1 Å². The van der Waals surface area contributed by atoms with Crippen molar-refractivity contribution in [1.82, 2.24) is 5.32 Å². The van der Waals surface area contributed by atoms with E-state index < -0.39 is 0 Å². The number of aryl methyl sites for hydroxylation is 2. The van der Waals surface area contributed by atoms with Crippen LogP contribution in [0.2, 0.25) is 5.02 Å². The fourth-order valence-electron chi connectivity index (χ4n) is 2.71. The summed E-state index contributed by atoms with van der Waals surface area (Å²) >= 11 is 5.91. The molecule has 0 radical (unpaired) electrons. The Morgan fingerprint density at radius 3 is 2.33 bits per heavy atom. The van der Waals surface area contributed by atoms with Gasteiger partial charge in [0.2, 0.25) is 0 Å². The largest absolute Gasteiger partial charge is 0.310 e. The molecule has 1 nitrogen and oxygen atoms in total. The zero-order valence-corrected chi connectivity index (χ0v) is 13.5. The van der Waals surface area contributed by atoms with Gasteiger partial charge in [0.15, 0.2) is 0 Å². The maximum absolute atomic E-state index is 13.3. The average molecular weight is 306 g/mol. The van der Waals surface area contributed by atoms with E-state index in [2.05, 4.69) is 44.3 Å². The predicted molar refractivity (Wildman–Crippen MR) is 87.4 cm³/mol. The minimum Gasteiger partial charge on any atom is -0.310 e. The lowest BCUT2D eigenvalue weighted by Gasteiger charge is -2.19. The highest BCUT2D eigenvalue weighted by Crippen LogP contribution is 2.24. The summed E-state index contributed by atoms with van der Waals surface area (Å²) in [5, 5.41) is 3.63. The molecule has 1 unspecified atom stereocenters. The summed E-state index contributed by atoms with van der Waals surface area (Å²) in [6.45, 7) is 7.13. The Morgan fingerprint density at radius 2 is 1.76 bits per heavy atom. The van der Waals surface area contributed by atoms with Crippen LogP contribution >= 0.6 is 11.6 Å². The molecule has 21 heavy (non-hydrogen) atoms. The van der Waals surface area contributed by atoms with Crippen molar-refractivity contribution in [2.45, 2.75) is 33.2 Å². The molecule has 1 atom stereocenters. The molecular weight excluding hydrogens is 285 g/mol. The van der Waals surface area contributed by atoms with Crippen LogP contribution in [-0.2, 0) is 6.42 Å². The van der Waals surface area contributed by atoms with E-state index in [1.165, 1.54) is 22.8 Å². The van der Waals surface area contributed by atoms with Crippen molar-refractivity contribution in [1.29, 1.82) is 0 Å². The van der Waals surface area contributed by atoms with E-state index in [1.807, 2.05) is 0 Å². The van der Waals surface area contributed by atoms with Crippen LogP contribution in [-0.4, -0.2) is 6.54 Å². The predicted octanol–water partition coefficient (Wildman–Crippen LogP) is 4.99. The summed E-state index contributed by atoms with van der Waals surface area (Å²) < 4.78 is 13.3. The van der Waals surface area contributed by atoms with E-state index in [-0.39, 0.29) is 16.9 Å². The van der Waals surface area contributed by atoms with Gasteiger partial charge in [-0.05, 0) is 50.1 Å². The Hall–Kier alpha value is -1.38. The van der Waals surface area contributed by atoms with Gasteiger partial charge in [0.1, 0.15) is 5.82 Å². The number of hydrogen-bond acceptors (Lipinski definition) is 1. The molecule has 0 aliphatic carbocycles. The van der Waals surface area contributed by atoms with Gasteiger partial charge in [-0.1, -0.05) is 53.9 Å². The number of likely N-dealkylation sites (N-methyl/N-ethyl adjacent to an activating group) is 1. The molecule has 0 aliphatic heterocycles. The quantitative estimate of drug-likeness (QED) is 0.820. The van der Waals surface area contributed by atoms with Crippen molar-refractivity contribution < 1.29 is 4.39 Å². The van der Waals surface area contributed by atoms with Gasteiger partial charge in [-0.25, -0.2) is 4.39 Å². The normalized spacial score (nSPS) is 12.4. The van der Waals surface area contributed by atoms with Gasteiger partial charge in [0.05, 0.1) is 5.02 Å². The molecule has 0 saturated heterocycles. The monoisotopic (exact) mass is 305 g/mol. The van der Waals surface area contributed by atoms with Gasteiger partial charge in [0, 0.05) is 6.04 Å². The second-order valence-corrected chi connectivity index (χ2v) is 5.89. The zero-order chi connectivity index (χ0) is 15.4. The molecule has 0 aliphatic rings. The third-order valence-corrected chi connectivity index (χ3v) is 3.81. The molecule has 0 fully saturated rings. The first-order valence-electron chi connectivity index (χ1n) is 7.25. The van der Waals surface area contributed by atoms with Crippen LogP contribution in [0.5, 0.6) is 0 Å². The van der Waals surface area contributed by atoms with Crippen molar-refractivity contribution in [3.05, 3.63) is 69.5 Å². The molecule has 0 heterocycles. The average Bonchev–Trinajstić information content (AvgIpc) is 2.40. The van der Waals surface area contributed by atoms with Gasteiger partial charge in [-0.15, -0.1) is 0 Å². The molecule has 0 aromatic heterocycles. The third kappa shape index (κ3) is 4.29. The van der Waals surface area contributed by atoms with Crippen molar-refractivity contribution in [2.75, 3.05) is 6.54 Å². The van der Waals surface area contributed by atoms with Gasteiger partial charge in [-0.3, -0.25) is 0 Å². The molecule has 0 bridgehead atoms. The van der Waals surface area contributed by atoms with E-state index in [4.69, 9.17) is 11.6 Å². The Kier molecular flexibility index (Phi) is 5.38. The highest BCUT2D eigenvalue weighted by molar-refractivity contribution is 6.30. The van der Waals surface area contributed by atoms with Gasteiger partial charge >= 0.3 is 0 Å². The lowest BCUT2D eigenvalue weighted by atomic mass is 9.96. The molecule has 3 heteroatoms. The molecular formula is C18H21ClFN. The molecule has 0 amide bonds. The van der Waals surface area contributed by atoms with E-state index in [0.717, 1.165) is 18.5 Å². The second kappa shape index (κ2) is 7.06. The standard InChI is InChI=1S/C18H21ClFN/c1-4-21-18(15-5-6-17(20)16(19)11-15)10-14-8-12(2)7-13(3)9-14/h5-9,11,18,21H,4,10H2,1-3H3. The molecule has 1 N–H and O–H groups in total. The maximum Gasteiger partial charge on any atom is 0.141 e. The summed E-state index contributed by atoms with van der Waals surface area (Å²) in [5.41, 5.74) is 4.82. The van der Waals surface area contributed by atoms with E-state index >= 15 is 0 Å². The van der Waals surface area contributed by atoms with Crippen LogP contribution in [0.3, 0.4) is 0 Å². The highest BCUT2D eigenvalue weighted by atomic mass is 35.5. The fourth-order valence-corrected chi connectivity index (χ4v) is 2.89. The van der Waals surface area contributed by atoms with Crippen LogP contribution < -0.4 is 5.32 Å². The summed E-state index contributed by atoms with van der Waals surface area (Å²) in [5.74, 6) is -0.373. The van der Waals surface area contributed by atoms with Crippen LogP contribution in [0.15, 0.2) is 36.4 Å². The number of halogens is 2. The van der Waals surface area contributed by atoms with Crippen molar-refractivity contribution in [3.63, 3.8) is 0 Å². The Balaban J connectivity index is 2.27. The van der Waals surface area contributed by atoms with Crippen molar-refractivity contribution in [2.24, 2.45) is 0 Å². The highest BCUT2D eigenvalue weighted by Gasteiger charge is 2.13. The van der Waals surface area contributed by atoms with E-state index in [0.29, 0.717) is 0 Å². The molecule has 0 spiro atoms. The number of nitrogens with one attached hydrogen (secondary N) is 1. The number of rotatable bonds is 5. The minimum absolute atomic E-state index is 0.134. The van der Waals surface area contributed by atoms with Gasteiger partial charge in [0.25, 0.3) is 0 Å². The van der Waals surface area contributed by atoms with Crippen LogP contribution in [0, 0.1) is 19.7 Å². The first-order valence-corrected chi connectivity index (χ1v) is 7.63. The fraction of sp³-hybridized carbons (Fsp3) is 0.333. The van der Waals surface area contributed by atoms with Crippen LogP contribution in [0.4, 0.5) is 4.39 Å². The number of hydrogen-bond donors (Lipinski definition) is 1.